The predicted molar refractivity (Wildman–Crippen MR) is 46.4 cm³/mol. The molecule has 5 nitrogen and oxygen atoms in total. The number of amides is 1. The lowest BCUT2D eigenvalue weighted by Gasteiger charge is -2.10. The van der Waals surface area contributed by atoms with Crippen LogP contribution in [-0.4, -0.2) is 23.7 Å². The molecule has 1 aromatic rings. The highest BCUT2D eigenvalue weighted by molar-refractivity contribution is 5.91. The fraction of sp³-hybridized carbons (Fsp3) is 0.125. The summed E-state index contributed by atoms with van der Waals surface area (Å²) in [6, 6.07) is 3.15. The van der Waals surface area contributed by atoms with E-state index in [1.54, 1.807) is 12.3 Å². The van der Waals surface area contributed by atoms with Crippen LogP contribution in [0, 0.1) is 0 Å². The lowest BCUT2D eigenvalue weighted by molar-refractivity contribution is 0.0995. The molecule has 2 N–H and O–H groups in total. The minimum absolute atomic E-state index is 0.196. The van der Waals surface area contributed by atoms with Gasteiger partial charge >= 0.3 is 0 Å². The lowest BCUT2D eigenvalue weighted by Crippen LogP contribution is -2.14. The minimum atomic E-state index is -0.566. The Balaban J connectivity index is 2.48. The van der Waals surface area contributed by atoms with Gasteiger partial charge in [0, 0.05) is 6.21 Å². The van der Waals surface area contributed by atoms with Gasteiger partial charge in [0.2, 0.25) is 0 Å². The molecule has 0 fully saturated rings. The molecule has 13 heavy (non-hydrogen) atoms. The first kappa shape index (κ1) is 7.72. The molecule has 0 saturated heterocycles. The van der Waals surface area contributed by atoms with E-state index in [9.17, 15) is 4.79 Å². The molecular formula is C8H7N3O2. The molecule has 1 aromatic heterocycles. The quantitative estimate of drug-likeness (QED) is 0.669. The van der Waals surface area contributed by atoms with Gasteiger partial charge in [0.1, 0.15) is 12.3 Å². The van der Waals surface area contributed by atoms with Crippen LogP contribution in [0.2, 0.25) is 0 Å². The number of hydrogen-bond donors (Lipinski definition) is 1. The number of rotatable bonds is 1. The Morgan fingerprint density at radius 2 is 2.38 bits per heavy atom. The van der Waals surface area contributed by atoms with Gasteiger partial charge in [-0.25, -0.2) is 9.98 Å². The first-order chi connectivity index (χ1) is 6.27. The molecule has 66 valence electrons. The molecule has 0 unspecified atom stereocenters. The molecule has 2 heterocycles. The van der Waals surface area contributed by atoms with E-state index >= 15 is 0 Å². The maximum Gasteiger partial charge on any atom is 0.267 e. The Morgan fingerprint density at radius 3 is 3.15 bits per heavy atom. The zero-order chi connectivity index (χ0) is 9.26. The van der Waals surface area contributed by atoms with Crippen LogP contribution in [0.3, 0.4) is 0 Å². The number of ether oxygens (including phenoxy) is 1. The highest BCUT2D eigenvalue weighted by atomic mass is 16.5. The van der Waals surface area contributed by atoms with Crippen LogP contribution in [-0.2, 0) is 0 Å². The van der Waals surface area contributed by atoms with Gasteiger partial charge in [-0.3, -0.25) is 4.79 Å². The molecule has 1 amide bonds. The van der Waals surface area contributed by atoms with Crippen LogP contribution in [0.25, 0.3) is 0 Å². The standard InChI is InChI=1S/C8H7N3O2/c9-7(12)5-1-2-6-8(11-5)10-3-4-13-6/h1-3H,4H2,(H2,9,12). The fourth-order valence-corrected chi connectivity index (χ4v) is 1.03. The number of nitrogens with zero attached hydrogens (tertiary/aromatic N) is 2. The van der Waals surface area contributed by atoms with E-state index < -0.39 is 5.91 Å². The van der Waals surface area contributed by atoms with Gasteiger partial charge in [-0.2, -0.15) is 0 Å². The molecule has 0 atom stereocenters. The summed E-state index contributed by atoms with van der Waals surface area (Å²) in [4.78, 5) is 18.6. The van der Waals surface area contributed by atoms with Gasteiger partial charge in [0.25, 0.3) is 5.91 Å². The van der Waals surface area contributed by atoms with Gasteiger partial charge < -0.3 is 10.5 Å². The minimum Gasteiger partial charge on any atom is -0.484 e. The van der Waals surface area contributed by atoms with Crippen LogP contribution in [0.4, 0.5) is 5.82 Å². The number of hydrogen-bond acceptors (Lipinski definition) is 4. The van der Waals surface area contributed by atoms with Gasteiger partial charge in [-0.05, 0) is 12.1 Å². The molecule has 0 saturated carbocycles. The Kier molecular flexibility index (Phi) is 1.70. The summed E-state index contributed by atoms with van der Waals surface area (Å²) in [6.07, 6.45) is 1.58. The Hall–Kier alpha value is -1.91. The van der Waals surface area contributed by atoms with Crippen molar-refractivity contribution in [2.24, 2.45) is 10.7 Å². The average Bonchev–Trinajstić information content (AvgIpc) is 2.17. The van der Waals surface area contributed by atoms with Crippen LogP contribution in [0.5, 0.6) is 5.75 Å². The molecule has 0 spiro atoms. The van der Waals surface area contributed by atoms with Crippen molar-refractivity contribution in [3.63, 3.8) is 0 Å². The average molecular weight is 177 g/mol. The second-order valence-electron chi connectivity index (χ2n) is 2.51. The van der Waals surface area contributed by atoms with E-state index in [0.717, 1.165) is 0 Å². The van der Waals surface area contributed by atoms with Crippen molar-refractivity contribution < 1.29 is 9.53 Å². The van der Waals surface area contributed by atoms with Gasteiger partial charge in [0.15, 0.2) is 11.6 Å². The number of fused-ring (bicyclic) bond motifs is 1. The number of primary amides is 1. The second kappa shape index (κ2) is 2.85. The largest absolute Gasteiger partial charge is 0.484 e. The van der Waals surface area contributed by atoms with Crippen molar-refractivity contribution in [2.75, 3.05) is 6.61 Å². The summed E-state index contributed by atoms with van der Waals surface area (Å²) < 4.78 is 5.19. The number of aliphatic imine (C=N–C) groups is 1. The van der Waals surface area contributed by atoms with Crippen LogP contribution in [0.1, 0.15) is 10.5 Å². The normalized spacial score (nSPS) is 13.2. The first-order valence-corrected chi connectivity index (χ1v) is 3.73. The molecule has 2 rings (SSSR count). The third kappa shape index (κ3) is 1.35. The second-order valence-corrected chi connectivity index (χ2v) is 2.51. The van der Waals surface area contributed by atoms with Gasteiger partial charge in [-0.1, -0.05) is 0 Å². The van der Waals surface area contributed by atoms with Crippen molar-refractivity contribution in [2.45, 2.75) is 0 Å². The van der Waals surface area contributed by atoms with Crippen LogP contribution >= 0.6 is 0 Å². The summed E-state index contributed by atoms with van der Waals surface area (Å²) in [5, 5.41) is 0. The van der Waals surface area contributed by atoms with E-state index in [1.807, 2.05) is 0 Å². The van der Waals surface area contributed by atoms with E-state index in [2.05, 4.69) is 9.98 Å². The number of carbonyl (C=O) groups excluding carboxylic acids is 1. The van der Waals surface area contributed by atoms with E-state index in [-0.39, 0.29) is 5.69 Å². The summed E-state index contributed by atoms with van der Waals surface area (Å²) in [5.41, 5.74) is 5.25. The Morgan fingerprint density at radius 1 is 1.54 bits per heavy atom. The Bertz CT molecular complexity index is 387. The monoisotopic (exact) mass is 177 g/mol. The van der Waals surface area contributed by atoms with E-state index in [4.69, 9.17) is 10.5 Å². The van der Waals surface area contributed by atoms with Crippen LogP contribution < -0.4 is 10.5 Å². The smallest absolute Gasteiger partial charge is 0.267 e. The number of aromatic nitrogens is 1. The van der Waals surface area contributed by atoms with Crippen molar-refractivity contribution >= 4 is 17.9 Å². The highest BCUT2D eigenvalue weighted by Gasteiger charge is 2.10. The lowest BCUT2D eigenvalue weighted by atomic mass is 10.3. The molecule has 1 aliphatic rings. The maximum atomic E-state index is 10.8. The van der Waals surface area contributed by atoms with Crippen molar-refractivity contribution in [1.29, 1.82) is 0 Å². The van der Waals surface area contributed by atoms with Crippen molar-refractivity contribution in [3.8, 4) is 5.75 Å². The fourth-order valence-electron chi connectivity index (χ4n) is 1.03. The topological polar surface area (TPSA) is 77.6 Å². The number of nitrogens with two attached hydrogens (primary N) is 1. The van der Waals surface area contributed by atoms with Crippen molar-refractivity contribution in [3.05, 3.63) is 17.8 Å². The van der Waals surface area contributed by atoms with E-state index in [0.29, 0.717) is 18.2 Å². The summed E-state index contributed by atoms with van der Waals surface area (Å²) in [5.74, 6) is 0.415. The number of pyridine rings is 1. The van der Waals surface area contributed by atoms with Gasteiger partial charge in [0.05, 0.1) is 0 Å². The zero-order valence-electron chi connectivity index (χ0n) is 6.73. The molecule has 0 radical (unpaired) electrons. The third-order valence-electron chi connectivity index (χ3n) is 1.62. The number of carbonyl (C=O) groups is 1. The Labute approximate surface area is 74.3 Å². The third-order valence-corrected chi connectivity index (χ3v) is 1.62. The molecule has 1 aliphatic heterocycles. The van der Waals surface area contributed by atoms with Crippen molar-refractivity contribution in [1.82, 2.24) is 4.98 Å². The maximum absolute atomic E-state index is 10.8. The van der Waals surface area contributed by atoms with Crippen LogP contribution in [0.15, 0.2) is 17.1 Å². The SMILES string of the molecule is NC(=O)c1ccc2c(n1)N=CCO2. The zero-order valence-corrected chi connectivity index (χ0v) is 6.73. The molecule has 0 aliphatic carbocycles. The molecular weight excluding hydrogens is 170 g/mol. The van der Waals surface area contributed by atoms with Gasteiger partial charge in [-0.15, -0.1) is 0 Å². The summed E-state index contributed by atoms with van der Waals surface area (Å²) in [6.45, 7) is 0.435. The predicted octanol–water partition coefficient (Wildman–Crippen LogP) is 0.275. The molecule has 0 aromatic carbocycles. The first-order valence-electron chi connectivity index (χ1n) is 3.73. The summed E-state index contributed by atoms with van der Waals surface area (Å²) >= 11 is 0. The van der Waals surface area contributed by atoms with E-state index in [1.165, 1.54) is 6.07 Å². The highest BCUT2D eigenvalue weighted by Crippen LogP contribution is 2.26. The molecule has 5 heteroatoms. The summed E-state index contributed by atoms with van der Waals surface area (Å²) in [7, 11) is 0. The molecule has 0 bridgehead atoms.